The first-order valence-corrected chi connectivity index (χ1v) is 4.82. The van der Waals surface area contributed by atoms with Crippen molar-refractivity contribution >= 4 is 6.08 Å². The van der Waals surface area contributed by atoms with Crippen molar-refractivity contribution in [1.82, 2.24) is 5.32 Å². The second-order valence-corrected chi connectivity index (χ2v) is 3.07. The highest BCUT2D eigenvalue weighted by Crippen LogP contribution is 2.13. The molecular weight excluding hydrogens is 174 g/mol. The average Bonchev–Trinajstić information content (AvgIpc) is 2.25. The van der Waals surface area contributed by atoms with Crippen LogP contribution in [-0.4, -0.2) is 20.7 Å². The molecule has 0 aliphatic rings. The van der Waals surface area contributed by atoms with Crippen LogP contribution in [0.4, 0.5) is 0 Å². The van der Waals surface area contributed by atoms with Gasteiger partial charge >= 0.3 is 0 Å². The highest BCUT2D eigenvalue weighted by molar-refractivity contribution is 5.51. The molecule has 1 rings (SSSR count). The highest BCUT2D eigenvalue weighted by atomic mass is 16.5. The summed E-state index contributed by atoms with van der Waals surface area (Å²) in [5, 5.41) is 3.10. The van der Waals surface area contributed by atoms with Crippen LogP contribution in [0.25, 0.3) is 6.08 Å². The van der Waals surface area contributed by atoms with E-state index in [4.69, 9.17) is 4.74 Å². The zero-order valence-electron chi connectivity index (χ0n) is 8.79. The Balaban J connectivity index is 2.53. The molecule has 14 heavy (non-hydrogen) atoms. The number of methoxy groups -OCH3 is 1. The Hall–Kier alpha value is -1.28. The topological polar surface area (TPSA) is 21.3 Å². The molecule has 2 nitrogen and oxygen atoms in total. The normalized spacial score (nSPS) is 10.7. The summed E-state index contributed by atoms with van der Waals surface area (Å²) in [6.45, 7) is 1.01. The smallest absolute Gasteiger partial charge is 0.119 e. The van der Waals surface area contributed by atoms with E-state index in [0.29, 0.717) is 0 Å². The monoisotopic (exact) mass is 191 g/mol. The lowest BCUT2D eigenvalue weighted by molar-refractivity contribution is 0.414. The van der Waals surface area contributed by atoms with Gasteiger partial charge in [0.25, 0.3) is 0 Å². The zero-order valence-corrected chi connectivity index (χ0v) is 8.79. The SMILES string of the molecule is CNCCC=Cc1cccc(OC)c1. The van der Waals surface area contributed by atoms with E-state index >= 15 is 0 Å². The van der Waals surface area contributed by atoms with E-state index in [9.17, 15) is 0 Å². The third kappa shape index (κ3) is 3.62. The van der Waals surface area contributed by atoms with E-state index in [-0.39, 0.29) is 0 Å². The maximum atomic E-state index is 5.14. The maximum Gasteiger partial charge on any atom is 0.119 e. The van der Waals surface area contributed by atoms with E-state index in [0.717, 1.165) is 18.7 Å². The highest BCUT2D eigenvalue weighted by Gasteiger charge is 1.90. The van der Waals surface area contributed by atoms with Gasteiger partial charge in [-0.3, -0.25) is 0 Å². The molecule has 0 unspecified atom stereocenters. The van der Waals surface area contributed by atoms with Gasteiger partial charge in [0.2, 0.25) is 0 Å². The summed E-state index contributed by atoms with van der Waals surface area (Å²) < 4.78 is 5.14. The third-order valence-corrected chi connectivity index (χ3v) is 1.97. The van der Waals surface area contributed by atoms with Gasteiger partial charge in [0.15, 0.2) is 0 Å². The molecule has 2 heteroatoms. The number of nitrogens with one attached hydrogen (secondary N) is 1. The molecule has 76 valence electrons. The van der Waals surface area contributed by atoms with Gasteiger partial charge in [-0.1, -0.05) is 24.3 Å². The molecule has 0 saturated carbocycles. The molecular formula is C12H17NO. The quantitative estimate of drug-likeness (QED) is 0.721. The molecule has 0 saturated heterocycles. The first-order chi connectivity index (χ1) is 6.86. The van der Waals surface area contributed by atoms with Crippen molar-refractivity contribution in [2.45, 2.75) is 6.42 Å². The summed E-state index contributed by atoms with van der Waals surface area (Å²) in [5.74, 6) is 0.903. The van der Waals surface area contributed by atoms with E-state index in [1.54, 1.807) is 7.11 Å². The maximum absolute atomic E-state index is 5.14. The summed E-state index contributed by atoms with van der Waals surface area (Å²) in [6.07, 6.45) is 5.32. The van der Waals surface area contributed by atoms with Crippen molar-refractivity contribution in [3.8, 4) is 5.75 Å². The van der Waals surface area contributed by atoms with Crippen molar-refractivity contribution in [2.24, 2.45) is 0 Å². The Morgan fingerprint density at radius 1 is 1.43 bits per heavy atom. The molecule has 0 aromatic heterocycles. The van der Waals surface area contributed by atoms with Crippen LogP contribution in [0.15, 0.2) is 30.3 Å². The zero-order chi connectivity index (χ0) is 10.2. The van der Waals surface area contributed by atoms with Crippen LogP contribution in [0.1, 0.15) is 12.0 Å². The van der Waals surface area contributed by atoms with Gasteiger partial charge in [-0.2, -0.15) is 0 Å². The van der Waals surface area contributed by atoms with Gasteiger partial charge in [-0.25, -0.2) is 0 Å². The van der Waals surface area contributed by atoms with Gasteiger partial charge in [-0.05, 0) is 37.7 Å². The Kier molecular flexibility index (Phi) is 4.79. The van der Waals surface area contributed by atoms with Crippen LogP contribution in [0, 0.1) is 0 Å². The van der Waals surface area contributed by atoms with E-state index in [2.05, 4.69) is 23.5 Å². The predicted octanol–water partition coefficient (Wildman–Crippen LogP) is 2.32. The average molecular weight is 191 g/mol. The van der Waals surface area contributed by atoms with E-state index in [1.165, 1.54) is 5.56 Å². The predicted molar refractivity (Wildman–Crippen MR) is 60.6 cm³/mol. The van der Waals surface area contributed by atoms with Crippen molar-refractivity contribution in [3.63, 3.8) is 0 Å². The Morgan fingerprint density at radius 3 is 3.00 bits per heavy atom. The van der Waals surface area contributed by atoms with Gasteiger partial charge in [0.05, 0.1) is 7.11 Å². The minimum absolute atomic E-state index is 0.903. The number of hydrogen-bond acceptors (Lipinski definition) is 2. The molecule has 1 aromatic carbocycles. The second kappa shape index (κ2) is 6.22. The standard InChI is InChI=1S/C12H17NO/c1-13-9-4-3-6-11-7-5-8-12(10-11)14-2/h3,5-8,10,13H,4,9H2,1-2H3. The molecule has 0 aliphatic heterocycles. The Bertz CT molecular complexity index is 294. The molecule has 0 radical (unpaired) electrons. The summed E-state index contributed by atoms with van der Waals surface area (Å²) in [4.78, 5) is 0. The minimum atomic E-state index is 0.903. The molecule has 1 aromatic rings. The largest absolute Gasteiger partial charge is 0.497 e. The molecule has 0 heterocycles. The number of ether oxygens (including phenoxy) is 1. The van der Waals surface area contributed by atoms with E-state index < -0.39 is 0 Å². The number of benzene rings is 1. The molecule has 1 N–H and O–H groups in total. The van der Waals surface area contributed by atoms with Crippen LogP contribution in [0.3, 0.4) is 0 Å². The number of hydrogen-bond donors (Lipinski definition) is 1. The summed E-state index contributed by atoms with van der Waals surface area (Å²) in [7, 11) is 3.64. The van der Waals surface area contributed by atoms with Crippen molar-refractivity contribution in [2.75, 3.05) is 20.7 Å². The minimum Gasteiger partial charge on any atom is -0.497 e. The van der Waals surface area contributed by atoms with Crippen LogP contribution < -0.4 is 10.1 Å². The molecule has 0 spiro atoms. The fourth-order valence-corrected chi connectivity index (χ4v) is 1.19. The molecule has 0 amide bonds. The van der Waals surface area contributed by atoms with Gasteiger partial charge in [-0.15, -0.1) is 0 Å². The van der Waals surface area contributed by atoms with Crippen molar-refractivity contribution in [1.29, 1.82) is 0 Å². The second-order valence-electron chi connectivity index (χ2n) is 3.07. The van der Waals surface area contributed by atoms with Crippen LogP contribution in [-0.2, 0) is 0 Å². The summed E-state index contributed by atoms with van der Waals surface area (Å²) in [5.41, 5.74) is 1.18. The van der Waals surface area contributed by atoms with E-state index in [1.807, 2.05) is 25.2 Å². The van der Waals surface area contributed by atoms with Crippen LogP contribution in [0.2, 0.25) is 0 Å². The first kappa shape index (κ1) is 10.8. The molecule has 0 fully saturated rings. The van der Waals surface area contributed by atoms with Gasteiger partial charge < -0.3 is 10.1 Å². The molecule has 0 bridgehead atoms. The van der Waals surface area contributed by atoms with Crippen molar-refractivity contribution in [3.05, 3.63) is 35.9 Å². The lowest BCUT2D eigenvalue weighted by Gasteiger charge is -1.99. The Labute approximate surface area is 85.6 Å². The molecule has 0 aliphatic carbocycles. The number of rotatable bonds is 5. The fourth-order valence-electron chi connectivity index (χ4n) is 1.19. The summed E-state index contributed by atoms with van der Waals surface area (Å²) in [6, 6.07) is 8.04. The van der Waals surface area contributed by atoms with Crippen LogP contribution in [0.5, 0.6) is 5.75 Å². The lowest BCUT2D eigenvalue weighted by atomic mass is 10.2. The first-order valence-electron chi connectivity index (χ1n) is 4.82. The Morgan fingerprint density at radius 2 is 2.29 bits per heavy atom. The third-order valence-electron chi connectivity index (χ3n) is 1.97. The lowest BCUT2D eigenvalue weighted by Crippen LogP contribution is -2.05. The van der Waals surface area contributed by atoms with Gasteiger partial charge in [0.1, 0.15) is 5.75 Å². The van der Waals surface area contributed by atoms with Gasteiger partial charge in [0, 0.05) is 0 Å². The van der Waals surface area contributed by atoms with Crippen LogP contribution >= 0.6 is 0 Å². The molecule has 0 atom stereocenters. The summed E-state index contributed by atoms with van der Waals surface area (Å²) >= 11 is 0. The van der Waals surface area contributed by atoms with Crippen molar-refractivity contribution < 1.29 is 4.74 Å². The fraction of sp³-hybridized carbons (Fsp3) is 0.333.